The molecule has 3 rings (SSSR count). The lowest BCUT2D eigenvalue weighted by Crippen LogP contribution is -2.33. The minimum atomic E-state index is -0.146. The highest BCUT2D eigenvalue weighted by molar-refractivity contribution is 6.38. The van der Waals surface area contributed by atoms with E-state index >= 15 is 0 Å². The molecule has 25 heavy (non-hydrogen) atoms. The van der Waals surface area contributed by atoms with E-state index in [-0.39, 0.29) is 11.6 Å². The Hall–Kier alpha value is -1.88. The maximum atomic E-state index is 13.1. The second kappa shape index (κ2) is 7.16. The highest BCUT2D eigenvalue weighted by atomic mass is 35.5. The van der Waals surface area contributed by atoms with Crippen LogP contribution in [0.2, 0.25) is 10.0 Å². The summed E-state index contributed by atoms with van der Waals surface area (Å²) in [6, 6.07) is 11.3. The van der Waals surface area contributed by atoms with Crippen LogP contribution in [-0.4, -0.2) is 22.6 Å². The van der Waals surface area contributed by atoms with Gasteiger partial charge in [0.1, 0.15) is 5.82 Å². The molecule has 1 heterocycles. The highest BCUT2D eigenvalue weighted by Gasteiger charge is 2.16. The van der Waals surface area contributed by atoms with Crippen LogP contribution < -0.4 is 10.9 Å². The van der Waals surface area contributed by atoms with Crippen LogP contribution in [0, 0.1) is 6.92 Å². The van der Waals surface area contributed by atoms with Gasteiger partial charge in [-0.3, -0.25) is 9.36 Å². The van der Waals surface area contributed by atoms with E-state index < -0.39 is 0 Å². The monoisotopic (exact) mass is 375 g/mol. The lowest BCUT2D eigenvalue weighted by Gasteiger charge is -2.18. The molecule has 2 aromatic carbocycles. The quantitative estimate of drug-likeness (QED) is 0.739. The van der Waals surface area contributed by atoms with E-state index in [9.17, 15) is 4.79 Å². The van der Waals surface area contributed by atoms with Gasteiger partial charge in [0.25, 0.3) is 5.56 Å². The van der Waals surface area contributed by atoms with Gasteiger partial charge in [0.15, 0.2) is 0 Å². The van der Waals surface area contributed by atoms with E-state index in [1.807, 2.05) is 45.2 Å². The van der Waals surface area contributed by atoms with Crippen molar-refractivity contribution in [2.75, 3.05) is 7.05 Å². The number of fused-ring (bicyclic) bond motifs is 1. The van der Waals surface area contributed by atoms with E-state index in [0.29, 0.717) is 33.3 Å². The van der Waals surface area contributed by atoms with Crippen molar-refractivity contribution < 1.29 is 0 Å². The molecular formula is C19H19Cl2N3O. The lowest BCUT2D eigenvalue weighted by atomic mass is 10.1. The predicted molar refractivity (Wildman–Crippen MR) is 105 cm³/mol. The minimum Gasteiger partial charge on any atom is -0.315 e. The third-order valence-corrected chi connectivity index (χ3v) is 4.74. The van der Waals surface area contributed by atoms with Crippen LogP contribution in [0.5, 0.6) is 0 Å². The van der Waals surface area contributed by atoms with Crippen LogP contribution in [0.1, 0.15) is 12.5 Å². The first kappa shape index (κ1) is 17.9. The second-order valence-electron chi connectivity index (χ2n) is 6.19. The Morgan fingerprint density at radius 3 is 2.52 bits per heavy atom. The van der Waals surface area contributed by atoms with Gasteiger partial charge in [0.2, 0.25) is 0 Å². The normalized spacial score (nSPS) is 12.5. The number of aryl methyl sites for hydroxylation is 1. The highest BCUT2D eigenvalue weighted by Crippen LogP contribution is 2.27. The number of aromatic nitrogens is 2. The zero-order valence-electron chi connectivity index (χ0n) is 14.3. The number of nitrogens with one attached hydrogen (secondary N) is 1. The zero-order chi connectivity index (χ0) is 18.1. The van der Waals surface area contributed by atoms with Crippen LogP contribution in [0.4, 0.5) is 0 Å². The van der Waals surface area contributed by atoms with Gasteiger partial charge < -0.3 is 5.32 Å². The smallest absolute Gasteiger partial charge is 0.261 e. The number of likely N-dealkylation sites (N-methyl/N-ethyl adjacent to an activating group) is 1. The third kappa shape index (κ3) is 3.56. The molecule has 0 fully saturated rings. The Kier molecular flexibility index (Phi) is 5.13. The van der Waals surface area contributed by atoms with Crippen LogP contribution in [-0.2, 0) is 6.54 Å². The Labute approximate surface area is 156 Å². The number of hydrogen-bond donors (Lipinski definition) is 1. The van der Waals surface area contributed by atoms with Crippen LogP contribution in [0.3, 0.4) is 0 Å². The molecule has 1 unspecified atom stereocenters. The molecule has 0 aliphatic heterocycles. The SMILES string of the molecule is CNC(C)Cn1c(-c2ccc(C)cc2)nc2c(Cl)cc(Cl)cc2c1=O. The maximum Gasteiger partial charge on any atom is 0.261 e. The number of benzene rings is 2. The summed E-state index contributed by atoms with van der Waals surface area (Å²) in [5, 5.41) is 4.39. The summed E-state index contributed by atoms with van der Waals surface area (Å²) >= 11 is 12.4. The van der Waals surface area contributed by atoms with E-state index in [1.54, 1.807) is 16.7 Å². The van der Waals surface area contributed by atoms with Crippen LogP contribution in [0.25, 0.3) is 22.3 Å². The Morgan fingerprint density at radius 2 is 1.88 bits per heavy atom. The summed E-state index contributed by atoms with van der Waals surface area (Å²) in [7, 11) is 1.86. The van der Waals surface area contributed by atoms with E-state index in [2.05, 4.69) is 5.32 Å². The van der Waals surface area contributed by atoms with Crippen molar-refractivity contribution >= 4 is 34.1 Å². The van der Waals surface area contributed by atoms with Gasteiger partial charge in [-0.15, -0.1) is 0 Å². The number of hydrogen-bond acceptors (Lipinski definition) is 3. The first-order valence-corrected chi connectivity index (χ1v) is 8.80. The molecule has 1 N–H and O–H groups in total. The van der Waals surface area contributed by atoms with E-state index in [0.717, 1.165) is 11.1 Å². The second-order valence-corrected chi connectivity index (χ2v) is 7.03. The van der Waals surface area contributed by atoms with Crippen molar-refractivity contribution in [1.82, 2.24) is 14.9 Å². The molecule has 0 spiro atoms. The first-order valence-electron chi connectivity index (χ1n) is 8.04. The van der Waals surface area contributed by atoms with Crippen LogP contribution in [0.15, 0.2) is 41.2 Å². The van der Waals surface area contributed by atoms with Gasteiger partial charge in [-0.25, -0.2) is 4.98 Å². The van der Waals surface area contributed by atoms with Crippen molar-refractivity contribution in [1.29, 1.82) is 0 Å². The number of halogens is 2. The van der Waals surface area contributed by atoms with Gasteiger partial charge >= 0.3 is 0 Å². The molecule has 0 amide bonds. The van der Waals surface area contributed by atoms with Gasteiger partial charge in [-0.05, 0) is 33.0 Å². The van der Waals surface area contributed by atoms with Crippen molar-refractivity contribution in [3.8, 4) is 11.4 Å². The van der Waals surface area contributed by atoms with Crippen molar-refractivity contribution in [3.63, 3.8) is 0 Å². The molecule has 1 atom stereocenters. The summed E-state index contributed by atoms with van der Waals surface area (Å²) in [6.07, 6.45) is 0. The molecule has 3 aromatic rings. The van der Waals surface area contributed by atoms with Gasteiger partial charge in [-0.1, -0.05) is 53.0 Å². The largest absolute Gasteiger partial charge is 0.315 e. The Balaban J connectivity index is 2.34. The maximum absolute atomic E-state index is 13.1. The molecule has 4 nitrogen and oxygen atoms in total. The zero-order valence-corrected chi connectivity index (χ0v) is 15.8. The standard InChI is InChI=1S/C19H19Cl2N3O/c1-11-4-6-13(7-5-11)18-23-17-15(8-14(20)9-16(17)21)19(25)24(18)10-12(2)22-3/h4-9,12,22H,10H2,1-3H3. The molecule has 6 heteroatoms. The van der Waals surface area contributed by atoms with Crippen molar-refractivity contribution in [3.05, 3.63) is 62.4 Å². The first-order chi connectivity index (χ1) is 11.9. The molecular weight excluding hydrogens is 357 g/mol. The van der Waals surface area contributed by atoms with Crippen molar-refractivity contribution in [2.45, 2.75) is 26.4 Å². The van der Waals surface area contributed by atoms with Gasteiger partial charge in [-0.2, -0.15) is 0 Å². The predicted octanol–water partition coefficient (Wildman–Crippen LogP) is 4.29. The summed E-state index contributed by atoms with van der Waals surface area (Å²) in [5.74, 6) is 0.601. The van der Waals surface area contributed by atoms with Gasteiger partial charge in [0.05, 0.1) is 15.9 Å². The minimum absolute atomic E-state index is 0.107. The van der Waals surface area contributed by atoms with Crippen LogP contribution >= 0.6 is 23.2 Å². The van der Waals surface area contributed by atoms with E-state index in [4.69, 9.17) is 28.2 Å². The average Bonchev–Trinajstić information content (AvgIpc) is 2.58. The molecule has 130 valence electrons. The summed E-state index contributed by atoms with van der Waals surface area (Å²) in [4.78, 5) is 17.8. The Bertz CT molecular complexity index is 981. The Morgan fingerprint density at radius 1 is 1.20 bits per heavy atom. The molecule has 0 aliphatic rings. The molecule has 0 radical (unpaired) electrons. The fourth-order valence-corrected chi connectivity index (χ4v) is 3.24. The summed E-state index contributed by atoms with van der Waals surface area (Å²) in [6.45, 7) is 4.53. The fraction of sp³-hybridized carbons (Fsp3) is 0.263. The van der Waals surface area contributed by atoms with Gasteiger partial charge in [0, 0.05) is 23.2 Å². The number of rotatable bonds is 4. The summed E-state index contributed by atoms with van der Waals surface area (Å²) in [5.41, 5.74) is 2.35. The third-order valence-electron chi connectivity index (χ3n) is 4.24. The summed E-state index contributed by atoms with van der Waals surface area (Å²) < 4.78 is 1.68. The average molecular weight is 376 g/mol. The molecule has 0 saturated carbocycles. The molecule has 0 aliphatic carbocycles. The molecule has 0 saturated heterocycles. The molecule has 1 aromatic heterocycles. The number of nitrogens with zero attached hydrogens (tertiary/aromatic N) is 2. The molecule has 0 bridgehead atoms. The van der Waals surface area contributed by atoms with Crippen molar-refractivity contribution in [2.24, 2.45) is 0 Å². The fourth-order valence-electron chi connectivity index (χ4n) is 2.71. The topological polar surface area (TPSA) is 46.9 Å². The lowest BCUT2D eigenvalue weighted by molar-refractivity contribution is 0.507. The van der Waals surface area contributed by atoms with E-state index in [1.165, 1.54) is 0 Å².